The fourth-order valence-electron chi connectivity index (χ4n) is 5.67. The Labute approximate surface area is 225 Å². The van der Waals surface area contributed by atoms with Crippen molar-refractivity contribution in [2.45, 2.75) is 13.1 Å². The summed E-state index contributed by atoms with van der Waals surface area (Å²) in [4.78, 5) is 26.6. The number of nitrogens with one attached hydrogen (secondary N) is 1. The number of carbonyl (C=O) groups excluding carboxylic acids is 2. The fraction of sp³-hybridized carbons (Fsp3) is 0.161. The molecule has 0 atom stereocenters. The third-order valence-electron chi connectivity index (χ3n) is 7.43. The van der Waals surface area contributed by atoms with Crippen LogP contribution in [0.5, 0.6) is 11.5 Å². The molecular weight excluding hydrogens is 492 g/mol. The van der Waals surface area contributed by atoms with Crippen LogP contribution in [0.4, 0.5) is 0 Å². The number of nitrogens with two attached hydrogens (primary N) is 1. The molecule has 1 aliphatic rings. The maximum atomic E-state index is 13.3. The molecule has 196 valence electrons. The van der Waals surface area contributed by atoms with E-state index >= 15 is 0 Å². The summed E-state index contributed by atoms with van der Waals surface area (Å²) < 4.78 is 15.4. The highest BCUT2D eigenvalue weighted by atomic mass is 16.5. The zero-order valence-electron chi connectivity index (χ0n) is 21.9. The quantitative estimate of drug-likeness (QED) is 0.313. The SMILES string of the molecule is COc1ccc(CN)c(OC)c1Cn1cc(C2=C(c3cn(C)c4ccccc34)C(=O)NC2=O)c2ccccc21. The largest absolute Gasteiger partial charge is 0.496 e. The van der Waals surface area contributed by atoms with Crippen LogP contribution in [-0.2, 0) is 29.7 Å². The Morgan fingerprint density at radius 2 is 1.41 bits per heavy atom. The molecule has 8 heteroatoms. The van der Waals surface area contributed by atoms with E-state index in [0.717, 1.165) is 38.5 Å². The summed E-state index contributed by atoms with van der Waals surface area (Å²) in [6.07, 6.45) is 3.84. The maximum Gasteiger partial charge on any atom is 0.259 e. The second-order valence-corrected chi connectivity index (χ2v) is 9.53. The number of benzene rings is 3. The molecule has 1 aliphatic heterocycles. The van der Waals surface area contributed by atoms with Gasteiger partial charge in [0, 0.05) is 64.5 Å². The number of imide groups is 1. The van der Waals surface area contributed by atoms with Gasteiger partial charge in [-0.3, -0.25) is 14.9 Å². The number of aromatic nitrogens is 2. The van der Waals surface area contributed by atoms with Crippen LogP contribution in [0.2, 0.25) is 0 Å². The third kappa shape index (κ3) is 3.80. The molecule has 3 N–H and O–H groups in total. The van der Waals surface area contributed by atoms with E-state index < -0.39 is 11.8 Å². The van der Waals surface area contributed by atoms with Gasteiger partial charge in [0.25, 0.3) is 11.8 Å². The van der Waals surface area contributed by atoms with Crippen molar-refractivity contribution in [1.29, 1.82) is 0 Å². The van der Waals surface area contributed by atoms with Crippen molar-refractivity contribution in [1.82, 2.24) is 14.5 Å². The molecule has 0 unspecified atom stereocenters. The van der Waals surface area contributed by atoms with Crippen LogP contribution < -0.4 is 20.5 Å². The summed E-state index contributed by atoms with van der Waals surface area (Å²) in [5.74, 6) is 0.529. The number of methoxy groups -OCH3 is 2. The highest BCUT2D eigenvalue weighted by molar-refractivity contribution is 6.50. The Kier molecular flexibility index (Phi) is 5.96. The first-order chi connectivity index (χ1) is 19.0. The number of carbonyl (C=O) groups is 2. The van der Waals surface area contributed by atoms with Gasteiger partial charge in [0.1, 0.15) is 11.5 Å². The molecule has 0 saturated carbocycles. The van der Waals surface area contributed by atoms with Crippen LogP contribution >= 0.6 is 0 Å². The van der Waals surface area contributed by atoms with E-state index in [-0.39, 0.29) is 0 Å². The minimum absolute atomic E-state index is 0.321. The number of hydrogen-bond acceptors (Lipinski definition) is 5. The van der Waals surface area contributed by atoms with E-state index in [9.17, 15) is 9.59 Å². The first-order valence-corrected chi connectivity index (χ1v) is 12.6. The minimum Gasteiger partial charge on any atom is -0.496 e. The average Bonchev–Trinajstić information content (AvgIpc) is 3.58. The van der Waals surface area contributed by atoms with Crippen molar-refractivity contribution in [3.63, 3.8) is 0 Å². The van der Waals surface area contributed by atoms with E-state index in [1.807, 2.05) is 84.7 Å². The Morgan fingerprint density at radius 1 is 0.795 bits per heavy atom. The Balaban J connectivity index is 1.59. The van der Waals surface area contributed by atoms with Crippen molar-refractivity contribution in [3.8, 4) is 11.5 Å². The summed E-state index contributed by atoms with van der Waals surface area (Å²) in [7, 11) is 5.17. The molecule has 0 aliphatic carbocycles. The number of aryl methyl sites for hydroxylation is 1. The number of ether oxygens (including phenoxy) is 2. The van der Waals surface area contributed by atoms with Crippen LogP contribution in [0.3, 0.4) is 0 Å². The lowest BCUT2D eigenvalue weighted by Crippen LogP contribution is -2.22. The standard InChI is InChI=1S/C31H28N4O4/c1-34-15-21(19-8-4-6-10-24(19)34)27-28(31(37)33-30(27)36)22-16-35(25-11-7-5-9-20(22)25)17-23-26(38-2)13-12-18(14-32)29(23)39-3/h4-13,15-16H,14,17,32H2,1-3H3,(H,33,36,37). The number of nitrogens with zero attached hydrogens (tertiary/aromatic N) is 2. The van der Waals surface area contributed by atoms with Crippen LogP contribution in [-0.4, -0.2) is 35.2 Å². The topological polar surface area (TPSA) is 101 Å². The number of rotatable bonds is 7. The predicted octanol–water partition coefficient (Wildman–Crippen LogP) is 4.22. The van der Waals surface area contributed by atoms with Gasteiger partial charge in [-0.15, -0.1) is 0 Å². The zero-order chi connectivity index (χ0) is 27.3. The first kappa shape index (κ1) is 24.5. The lowest BCUT2D eigenvalue weighted by Gasteiger charge is -2.17. The number of amides is 2. The average molecular weight is 521 g/mol. The summed E-state index contributed by atoms with van der Waals surface area (Å²) in [5.41, 5.74) is 11.7. The third-order valence-corrected chi connectivity index (χ3v) is 7.43. The van der Waals surface area contributed by atoms with Gasteiger partial charge in [0.05, 0.1) is 37.5 Å². The summed E-state index contributed by atoms with van der Waals surface area (Å²) in [6, 6.07) is 19.5. The van der Waals surface area contributed by atoms with Gasteiger partial charge < -0.3 is 24.3 Å². The highest BCUT2D eigenvalue weighted by Gasteiger charge is 2.35. The van der Waals surface area contributed by atoms with E-state index in [2.05, 4.69) is 9.88 Å². The molecule has 3 aromatic carbocycles. The lowest BCUT2D eigenvalue weighted by molar-refractivity contribution is -0.122. The van der Waals surface area contributed by atoms with E-state index in [1.54, 1.807) is 14.2 Å². The van der Waals surface area contributed by atoms with Gasteiger partial charge in [-0.2, -0.15) is 0 Å². The lowest BCUT2D eigenvalue weighted by atomic mass is 9.95. The molecule has 0 bridgehead atoms. The van der Waals surface area contributed by atoms with Gasteiger partial charge in [-0.05, 0) is 18.2 Å². The Morgan fingerprint density at radius 3 is 2.05 bits per heavy atom. The van der Waals surface area contributed by atoms with Gasteiger partial charge in [0.2, 0.25) is 0 Å². The summed E-state index contributed by atoms with van der Waals surface area (Å²) in [6.45, 7) is 0.731. The molecular formula is C31H28N4O4. The molecule has 3 heterocycles. The van der Waals surface area contributed by atoms with E-state index in [0.29, 0.717) is 41.3 Å². The molecule has 0 saturated heterocycles. The van der Waals surface area contributed by atoms with Gasteiger partial charge >= 0.3 is 0 Å². The minimum atomic E-state index is -0.411. The fourth-order valence-corrected chi connectivity index (χ4v) is 5.67. The van der Waals surface area contributed by atoms with E-state index in [4.69, 9.17) is 15.2 Å². The van der Waals surface area contributed by atoms with Crippen LogP contribution in [0.1, 0.15) is 22.3 Å². The Bertz CT molecular complexity index is 1830. The highest BCUT2D eigenvalue weighted by Crippen LogP contribution is 2.40. The number of hydrogen-bond donors (Lipinski definition) is 2. The van der Waals surface area contributed by atoms with Crippen molar-refractivity contribution >= 4 is 44.8 Å². The monoisotopic (exact) mass is 520 g/mol. The molecule has 39 heavy (non-hydrogen) atoms. The smallest absolute Gasteiger partial charge is 0.259 e. The molecule has 8 nitrogen and oxygen atoms in total. The Hall–Kier alpha value is -4.82. The van der Waals surface area contributed by atoms with E-state index in [1.165, 1.54) is 0 Å². The van der Waals surface area contributed by atoms with Gasteiger partial charge in [0.15, 0.2) is 0 Å². The van der Waals surface area contributed by atoms with Crippen LogP contribution in [0, 0.1) is 0 Å². The summed E-state index contributed by atoms with van der Waals surface area (Å²) in [5, 5.41) is 4.31. The van der Waals surface area contributed by atoms with Crippen molar-refractivity contribution < 1.29 is 19.1 Å². The zero-order valence-corrected chi connectivity index (χ0v) is 21.9. The van der Waals surface area contributed by atoms with Crippen molar-refractivity contribution in [2.24, 2.45) is 12.8 Å². The van der Waals surface area contributed by atoms with Crippen LogP contribution in [0.15, 0.2) is 73.1 Å². The second-order valence-electron chi connectivity index (χ2n) is 9.53. The number of fused-ring (bicyclic) bond motifs is 2. The molecule has 5 aromatic rings. The normalized spacial score (nSPS) is 13.5. The van der Waals surface area contributed by atoms with Crippen LogP contribution in [0.25, 0.3) is 33.0 Å². The summed E-state index contributed by atoms with van der Waals surface area (Å²) >= 11 is 0. The second kappa shape index (κ2) is 9.49. The maximum absolute atomic E-state index is 13.3. The molecule has 6 rings (SSSR count). The molecule has 0 fully saturated rings. The van der Waals surface area contributed by atoms with Gasteiger partial charge in [-0.25, -0.2) is 0 Å². The molecule has 2 amide bonds. The molecule has 0 radical (unpaired) electrons. The first-order valence-electron chi connectivity index (χ1n) is 12.6. The predicted molar refractivity (Wildman–Crippen MR) is 151 cm³/mol. The van der Waals surface area contributed by atoms with Crippen molar-refractivity contribution in [2.75, 3.05) is 14.2 Å². The van der Waals surface area contributed by atoms with Gasteiger partial charge in [-0.1, -0.05) is 42.5 Å². The molecule has 2 aromatic heterocycles. The number of para-hydroxylation sites is 2. The molecule has 0 spiro atoms. The van der Waals surface area contributed by atoms with Crippen molar-refractivity contribution in [3.05, 3.63) is 95.3 Å².